The first-order valence-electron chi connectivity index (χ1n) is 6.98. The van der Waals surface area contributed by atoms with E-state index >= 15 is 0 Å². The average Bonchev–Trinajstić information content (AvgIpc) is 2.86. The molecule has 1 unspecified atom stereocenters. The lowest BCUT2D eigenvalue weighted by Gasteiger charge is -2.21. The molecular weight excluding hydrogens is 324 g/mol. The van der Waals surface area contributed by atoms with Crippen LogP contribution >= 0.6 is 0 Å². The van der Waals surface area contributed by atoms with Crippen molar-refractivity contribution in [3.05, 3.63) is 33.4 Å². The summed E-state index contributed by atoms with van der Waals surface area (Å²) in [5, 5.41) is 20.2. The minimum absolute atomic E-state index is 0.0757. The fourth-order valence-electron chi connectivity index (χ4n) is 2.62. The second-order valence-electron chi connectivity index (χ2n) is 6.10. The van der Waals surface area contributed by atoms with Crippen molar-refractivity contribution < 1.29 is 23.2 Å². The van der Waals surface area contributed by atoms with Crippen molar-refractivity contribution in [2.75, 3.05) is 13.1 Å². The van der Waals surface area contributed by atoms with Gasteiger partial charge in [-0.2, -0.15) is 4.31 Å². The van der Waals surface area contributed by atoms with Crippen LogP contribution in [0, 0.1) is 29.4 Å². The van der Waals surface area contributed by atoms with Crippen molar-refractivity contribution in [1.82, 2.24) is 4.31 Å². The Morgan fingerprint density at radius 2 is 2.00 bits per heavy atom. The quantitative estimate of drug-likeness (QED) is 0.657. The molecule has 0 aliphatic carbocycles. The summed E-state index contributed by atoms with van der Waals surface area (Å²) in [4.78, 5) is 21.5. The summed E-state index contributed by atoms with van der Waals surface area (Å²) in [5.41, 5.74) is -0.513. The van der Waals surface area contributed by atoms with Crippen LogP contribution in [0.15, 0.2) is 17.0 Å². The van der Waals surface area contributed by atoms with Gasteiger partial charge in [0.1, 0.15) is 0 Å². The number of carboxylic acid groups (broad SMARTS) is 1. The Bertz CT molecular complexity index is 789. The van der Waals surface area contributed by atoms with Gasteiger partial charge in [-0.15, -0.1) is 0 Å². The summed E-state index contributed by atoms with van der Waals surface area (Å²) >= 11 is 0. The van der Waals surface area contributed by atoms with Gasteiger partial charge in [0, 0.05) is 25.2 Å². The summed E-state index contributed by atoms with van der Waals surface area (Å²) in [6, 6.07) is 2.35. The standard InChI is InChI=1S/C14H18N2O6S/c1-9-6-11(16(19)20)7-12(10(9)2)23(21,22)15-5-4-14(3,8-15)13(17)18/h6-7H,4-5,8H2,1-3H3,(H,17,18). The Labute approximate surface area is 133 Å². The molecule has 1 aliphatic heterocycles. The van der Waals surface area contributed by atoms with E-state index in [0.29, 0.717) is 11.1 Å². The van der Waals surface area contributed by atoms with Crippen molar-refractivity contribution in [3.8, 4) is 0 Å². The topological polar surface area (TPSA) is 118 Å². The van der Waals surface area contributed by atoms with Crippen molar-refractivity contribution in [1.29, 1.82) is 0 Å². The second kappa shape index (κ2) is 5.57. The van der Waals surface area contributed by atoms with E-state index in [1.807, 2.05) is 0 Å². The summed E-state index contributed by atoms with van der Waals surface area (Å²) < 4.78 is 26.7. The third-order valence-corrected chi connectivity index (χ3v) is 6.36. The Balaban J connectivity index is 2.49. The van der Waals surface area contributed by atoms with Crippen molar-refractivity contribution in [2.45, 2.75) is 32.1 Å². The van der Waals surface area contributed by atoms with Gasteiger partial charge in [-0.25, -0.2) is 8.42 Å². The van der Waals surface area contributed by atoms with Gasteiger partial charge in [0.05, 0.1) is 15.2 Å². The highest BCUT2D eigenvalue weighted by molar-refractivity contribution is 7.89. The molecule has 1 heterocycles. The highest BCUT2D eigenvalue weighted by Gasteiger charge is 2.45. The third kappa shape index (κ3) is 2.93. The van der Waals surface area contributed by atoms with E-state index in [2.05, 4.69) is 0 Å². The van der Waals surface area contributed by atoms with Gasteiger partial charge < -0.3 is 5.11 Å². The van der Waals surface area contributed by atoms with E-state index < -0.39 is 26.3 Å². The number of aryl methyl sites for hydroxylation is 1. The highest BCUT2D eigenvalue weighted by atomic mass is 32.2. The number of nitro benzene ring substituents is 1. The molecule has 8 nitrogen and oxygen atoms in total. The molecule has 0 amide bonds. The summed E-state index contributed by atoms with van der Waals surface area (Å²) in [7, 11) is -3.99. The molecule has 2 rings (SSSR count). The van der Waals surface area contributed by atoms with Gasteiger partial charge in [0.15, 0.2) is 0 Å². The molecular formula is C14H18N2O6S. The molecule has 1 aromatic rings. The third-order valence-electron chi connectivity index (χ3n) is 4.39. The minimum Gasteiger partial charge on any atom is -0.481 e. The number of rotatable bonds is 4. The zero-order valence-corrected chi connectivity index (χ0v) is 13.9. The largest absolute Gasteiger partial charge is 0.481 e. The first kappa shape index (κ1) is 17.4. The predicted molar refractivity (Wildman–Crippen MR) is 81.7 cm³/mol. The van der Waals surface area contributed by atoms with Gasteiger partial charge in [-0.3, -0.25) is 14.9 Å². The van der Waals surface area contributed by atoms with Crippen LogP contribution < -0.4 is 0 Å². The minimum atomic E-state index is -3.99. The maximum atomic E-state index is 12.8. The number of hydrogen-bond acceptors (Lipinski definition) is 5. The van der Waals surface area contributed by atoms with E-state index in [1.54, 1.807) is 13.8 Å². The number of sulfonamides is 1. The summed E-state index contributed by atoms with van der Waals surface area (Å²) in [5.74, 6) is -1.05. The molecule has 23 heavy (non-hydrogen) atoms. The SMILES string of the molecule is Cc1cc([N+](=O)[O-])cc(S(=O)(=O)N2CCC(C)(C(=O)O)C2)c1C. The molecule has 1 aliphatic rings. The number of benzene rings is 1. The number of carbonyl (C=O) groups is 1. The van der Waals surface area contributed by atoms with E-state index in [1.165, 1.54) is 13.0 Å². The zero-order valence-electron chi connectivity index (χ0n) is 13.1. The van der Waals surface area contributed by atoms with Gasteiger partial charge in [-0.1, -0.05) is 0 Å². The van der Waals surface area contributed by atoms with Gasteiger partial charge in [-0.05, 0) is 38.3 Å². The molecule has 0 saturated carbocycles. The molecule has 0 radical (unpaired) electrons. The lowest BCUT2D eigenvalue weighted by molar-refractivity contribution is -0.385. The number of nitrogens with zero attached hydrogens (tertiary/aromatic N) is 2. The average molecular weight is 342 g/mol. The number of non-ortho nitro benzene ring substituents is 1. The Kier molecular flexibility index (Phi) is 4.20. The molecule has 126 valence electrons. The summed E-state index contributed by atoms with van der Waals surface area (Å²) in [6.45, 7) is 4.61. The monoisotopic (exact) mass is 342 g/mol. The number of nitro groups is 1. The van der Waals surface area contributed by atoms with Crippen LogP contribution in [0.25, 0.3) is 0 Å². The van der Waals surface area contributed by atoms with Crippen molar-refractivity contribution in [2.24, 2.45) is 5.41 Å². The molecule has 1 saturated heterocycles. The van der Waals surface area contributed by atoms with Crippen LogP contribution in [0.5, 0.6) is 0 Å². The van der Waals surface area contributed by atoms with Crippen LogP contribution in [0.1, 0.15) is 24.5 Å². The maximum Gasteiger partial charge on any atom is 0.310 e. The van der Waals surface area contributed by atoms with E-state index in [0.717, 1.165) is 10.4 Å². The molecule has 1 atom stereocenters. The fraction of sp³-hybridized carbons (Fsp3) is 0.500. The van der Waals surface area contributed by atoms with Crippen LogP contribution in [-0.4, -0.2) is 41.8 Å². The first-order chi connectivity index (χ1) is 10.5. The molecule has 0 aromatic heterocycles. The second-order valence-corrected chi connectivity index (χ2v) is 8.00. The first-order valence-corrected chi connectivity index (χ1v) is 8.42. The van der Waals surface area contributed by atoms with Crippen molar-refractivity contribution >= 4 is 21.7 Å². The van der Waals surface area contributed by atoms with Gasteiger partial charge >= 0.3 is 5.97 Å². The maximum absolute atomic E-state index is 12.8. The number of aliphatic carboxylic acids is 1. The van der Waals surface area contributed by atoms with Crippen LogP contribution in [0.4, 0.5) is 5.69 Å². The number of carboxylic acids is 1. The Morgan fingerprint density at radius 1 is 1.39 bits per heavy atom. The van der Waals surface area contributed by atoms with Crippen LogP contribution in [0.3, 0.4) is 0 Å². The fourth-order valence-corrected chi connectivity index (χ4v) is 4.50. The molecule has 0 spiro atoms. The normalized spacial score (nSPS) is 22.2. The lowest BCUT2D eigenvalue weighted by atomic mass is 9.90. The highest BCUT2D eigenvalue weighted by Crippen LogP contribution is 2.35. The van der Waals surface area contributed by atoms with Gasteiger partial charge in [0.25, 0.3) is 5.69 Å². The zero-order chi connectivity index (χ0) is 17.6. The van der Waals surface area contributed by atoms with Crippen LogP contribution in [0.2, 0.25) is 0 Å². The molecule has 1 N–H and O–H groups in total. The Hall–Kier alpha value is -2.00. The number of hydrogen-bond donors (Lipinski definition) is 1. The lowest BCUT2D eigenvalue weighted by Crippen LogP contribution is -2.35. The van der Waals surface area contributed by atoms with E-state index in [4.69, 9.17) is 0 Å². The Morgan fingerprint density at radius 3 is 2.48 bits per heavy atom. The molecule has 1 aromatic carbocycles. The molecule has 9 heteroatoms. The smallest absolute Gasteiger partial charge is 0.310 e. The summed E-state index contributed by atoms with van der Waals surface area (Å²) in [6.07, 6.45) is 0.203. The van der Waals surface area contributed by atoms with Gasteiger partial charge in [0.2, 0.25) is 10.0 Å². The predicted octanol–water partition coefficient (Wildman–Crippen LogP) is 1.70. The van der Waals surface area contributed by atoms with E-state index in [9.17, 15) is 28.4 Å². The molecule has 0 bridgehead atoms. The van der Waals surface area contributed by atoms with Crippen LogP contribution in [-0.2, 0) is 14.8 Å². The van der Waals surface area contributed by atoms with E-state index in [-0.39, 0.29) is 30.1 Å². The molecule has 1 fully saturated rings. The van der Waals surface area contributed by atoms with Crippen molar-refractivity contribution in [3.63, 3.8) is 0 Å².